The van der Waals surface area contributed by atoms with Gasteiger partial charge in [-0.2, -0.15) is 17.9 Å². The van der Waals surface area contributed by atoms with Crippen molar-refractivity contribution in [1.82, 2.24) is 14.7 Å². The van der Waals surface area contributed by atoms with Crippen molar-refractivity contribution >= 4 is 33.5 Å². The molecule has 0 unspecified atom stereocenters. The number of alkyl halides is 3. The van der Waals surface area contributed by atoms with Crippen molar-refractivity contribution in [2.45, 2.75) is 25.1 Å². The molecule has 1 aromatic heterocycles. The summed E-state index contributed by atoms with van der Waals surface area (Å²) in [4.78, 5) is 24.9. The lowest BCUT2D eigenvalue weighted by Crippen LogP contribution is -2.43. The lowest BCUT2D eigenvalue weighted by atomic mass is 10.1. The van der Waals surface area contributed by atoms with Gasteiger partial charge in [-0.1, -0.05) is 0 Å². The number of anilines is 2. The second-order valence-corrected chi connectivity index (χ2v) is 9.31. The number of carboxylic acid groups (broad SMARTS) is 1. The van der Waals surface area contributed by atoms with E-state index in [0.717, 1.165) is 29.1 Å². The standard InChI is InChI=1S/C19H22F3N5O6S/c1-34(31,32)25-16-6-9-27(24-16)18(30)26-7-4-13(5-8-26)33-15-3-2-12(19(20,21)22)10-14(15)23-11-17(28)29/h2-3,6,9-10,13,23H,4-5,7-8,11H2,1H3,(H,24,25)(H,28,29). The number of nitrogens with zero attached hydrogens (tertiary/aromatic N) is 3. The molecule has 1 aliphatic heterocycles. The zero-order valence-electron chi connectivity index (χ0n) is 17.9. The Kier molecular flexibility index (Phi) is 7.24. The van der Waals surface area contributed by atoms with Gasteiger partial charge in [0.1, 0.15) is 18.4 Å². The van der Waals surface area contributed by atoms with E-state index < -0.39 is 46.4 Å². The Labute approximate surface area is 192 Å². The fraction of sp³-hybridized carbons (Fsp3) is 0.421. The molecule has 0 aliphatic carbocycles. The Morgan fingerprint density at radius 1 is 1.24 bits per heavy atom. The molecule has 1 amide bonds. The molecule has 0 spiro atoms. The number of ether oxygens (including phenoxy) is 1. The monoisotopic (exact) mass is 505 g/mol. The Bertz CT molecular complexity index is 1160. The Hall–Kier alpha value is -3.49. The third kappa shape index (κ3) is 6.76. The summed E-state index contributed by atoms with van der Waals surface area (Å²) < 4.78 is 70.6. The number of halogens is 3. The third-order valence-electron chi connectivity index (χ3n) is 4.82. The van der Waals surface area contributed by atoms with Gasteiger partial charge in [-0.25, -0.2) is 13.2 Å². The largest absolute Gasteiger partial charge is 0.488 e. The van der Waals surface area contributed by atoms with E-state index in [1.54, 1.807) is 0 Å². The molecule has 1 saturated heterocycles. The predicted molar refractivity (Wildman–Crippen MR) is 114 cm³/mol. The number of rotatable bonds is 7. The highest BCUT2D eigenvalue weighted by molar-refractivity contribution is 7.92. The number of likely N-dealkylation sites (tertiary alicyclic amines) is 1. The fourth-order valence-electron chi connectivity index (χ4n) is 3.28. The highest BCUT2D eigenvalue weighted by Crippen LogP contribution is 2.36. The van der Waals surface area contributed by atoms with Crippen LogP contribution in [0.1, 0.15) is 18.4 Å². The zero-order chi connectivity index (χ0) is 25.1. The van der Waals surface area contributed by atoms with Crippen LogP contribution in [0.2, 0.25) is 0 Å². The van der Waals surface area contributed by atoms with E-state index in [0.29, 0.717) is 12.8 Å². The van der Waals surface area contributed by atoms with Gasteiger partial charge in [-0.15, -0.1) is 5.10 Å². The van der Waals surface area contributed by atoms with Crippen LogP contribution in [0.4, 0.5) is 29.5 Å². The van der Waals surface area contributed by atoms with E-state index in [4.69, 9.17) is 9.84 Å². The summed E-state index contributed by atoms with van der Waals surface area (Å²) in [5, 5.41) is 15.2. The molecule has 2 heterocycles. The van der Waals surface area contributed by atoms with Crippen molar-refractivity contribution in [2.75, 3.05) is 35.9 Å². The molecule has 0 bridgehead atoms. The van der Waals surface area contributed by atoms with Crippen molar-refractivity contribution in [3.8, 4) is 5.75 Å². The summed E-state index contributed by atoms with van der Waals surface area (Å²) >= 11 is 0. The molecule has 1 aliphatic rings. The van der Waals surface area contributed by atoms with Gasteiger partial charge >= 0.3 is 18.2 Å². The van der Waals surface area contributed by atoms with E-state index >= 15 is 0 Å². The van der Waals surface area contributed by atoms with Gasteiger partial charge in [0.25, 0.3) is 0 Å². The molecule has 1 fully saturated rings. The van der Waals surface area contributed by atoms with Crippen LogP contribution >= 0.6 is 0 Å². The van der Waals surface area contributed by atoms with E-state index in [-0.39, 0.29) is 30.3 Å². The van der Waals surface area contributed by atoms with E-state index in [9.17, 15) is 31.2 Å². The predicted octanol–water partition coefficient (Wildman–Crippen LogP) is 2.28. The van der Waals surface area contributed by atoms with Gasteiger partial charge < -0.3 is 20.1 Å². The summed E-state index contributed by atoms with van der Waals surface area (Å²) in [6, 6.07) is 3.63. The lowest BCUT2D eigenvalue weighted by molar-refractivity contribution is -0.137. The van der Waals surface area contributed by atoms with Crippen molar-refractivity contribution in [1.29, 1.82) is 0 Å². The molecule has 3 N–H and O–H groups in total. The maximum atomic E-state index is 13.0. The van der Waals surface area contributed by atoms with Crippen LogP contribution in [-0.2, 0) is 21.0 Å². The van der Waals surface area contributed by atoms with E-state index in [1.165, 1.54) is 17.2 Å². The number of nitrogens with one attached hydrogen (secondary N) is 2. The van der Waals surface area contributed by atoms with Crippen molar-refractivity contribution in [2.24, 2.45) is 0 Å². The number of hydrogen-bond acceptors (Lipinski definition) is 7. The number of sulfonamides is 1. The summed E-state index contributed by atoms with van der Waals surface area (Å²) in [6.07, 6.45) is -2.03. The van der Waals surface area contributed by atoms with Gasteiger partial charge in [0.2, 0.25) is 10.0 Å². The molecular weight excluding hydrogens is 483 g/mol. The van der Waals surface area contributed by atoms with Crippen molar-refractivity contribution in [3.05, 3.63) is 36.0 Å². The van der Waals surface area contributed by atoms with Crippen LogP contribution in [0.5, 0.6) is 5.75 Å². The number of amides is 1. The SMILES string of the molecule is CS(=O)(=O)Nc1ccn(C(=O)N2CCC(Oc3ccc(C(F)(F)F)cc3NCC(=O)O)CC2)n1. The highest BCUT2D eigenvalue weighted by atomic mass is 32.2. The minimum Gasteiger partial charge on any atom is -0.488 e. The average molecular weight is 505 g/mol. The van der Waals surface area contributed by atoms with Crippen LogP contribution in [-0.4, -0.2) is 72.2 Å². The summed E-state index contributed by atoms with van der Waals surface area (Å²) in [5.74, 6) is -1.18. The molecular formula is C19H22F3N5O6S. The van der Waals surface area contributed by atoms with Gasteiger partial charge in [-0.05, 0) is 18.2 Å². The molecule has 0 atom stereocenters. The number of piperidine rings is 1. The summed E-state index contributed by atoms with van der Waals surface area (Å²) in [7, 11) is -3.54. The normalized spacial score (nSPS) is 15.1. The van der Waals surface area contributed by atoms with E-state index in [1.807, 2.05) is 0 Å². The Balaban J connectivity index is 1.63. The molecule has 11 nitrogen and oxygen atoms in total. The number of hydrogen-bond donors (Lipinski definition) is 3. The zero-order valence-corrected chi connectivity index (χ0v) is 18.7. The molecule has 186 valence electrons. The number of carboxylic acids is 1. The molecule has 0 radical (unpaired) electrons. The summed E-state index contributed by atoms with van der Waals surface area (Å²) in [5.41, 5.74) is -1.05. The first-order valence-corrected chi connectivity index (χ1v) is 11.9. The molecule has 2 aromatic rings. The topological polar surface area (TPSA) is 143 Å². The minimum absolute atomic E-state index is 0.00207. The van der Waals surface area contributed by atoms with Gasteiger partial charge in [-0.3, -0.25) is 9.52 Å². The Morgan fingerprint density at radius 3 is 2.50 bits per heavy atom. The second-order valence-electron chi connectivity index (χ2n) is 7.56. The molecule has 15 heteroatoms. The maximum Gasteiger partial charge on any atom is 0.416 e. The fourth-order valence-corrected chi connectivity index (χ4v) is 3.77. The van der Waals surface area contributed by atoms with Crippen LogP contribution in [0, 0.1) is 0 Å². The van der Waals surface area contributed by atoms with Crippen molar-refractivity contribution in [3.63, 3.8) is 0 Å². The first-order valence-electron chi connectivity index (χ1n) is 9.98. The molecule has 0 saturated carbocycles. The number of aliphatic carboxylic acids is 1. The molecule has 1 aromatic carbocycles. The number of carbonyl (C=O) groups is 2. The molecule has 3 rings (SSSR count). The second kappa shape index (κ2) is 9.79. The highest BCUT2D eigenvalue weighted by Gasteiger charge is 2.32. The van der Waals surface area contributed by atoms with Crippen LogP contribution < -0.4 is 14.8 Å². The van der Waals surface area contributed by atoms with E-state index in [2.05, 4.69) is 15.1 Å². The van der Waals surface area contributed by atoms with Gasteiger partial charge in [0, 0.05) is 38.2 Å². The van der Waals surface area contributed by atoms with Crippen LogP contribution in [0.15, 0.2) is 30.5 Å². The smallest absolute Gasteiger partial charge is 0.416 e. The lowest BCUT2D eigenvalue weighted by Gasteiger charge is -2.32. The number of aromatic nitrogens is 2. The maximum absolute atomic E-state index is 13.0. The van der Waals surface area contributed by atoms with Gasteiger partial charge in [0.15, 0.2) is 5.82 Å². The molecule has 34 heavy (non-hydrogen) atoms. The van der Waals surface area contributed by atoms with Crippen LogP contribution in [0.3, 0.4) is 0 Å². The van der Waals surface area contributed by atoms with Gasteiger partial charge in [0.05, 0.1) is 17.5 Å². The Morgan fingerprint density at radius 2 is 1.91 bits per heavy atom. The first kappa shape index (κ1) is 25.1. The summed E-state index contributed by atoms with van der Waals surface area (Å²) in [6.45, 7) is -0.0713. The van der Waals surface area contributed by atoms with Crippen LogP contribution in [0.25, 0.3) is 0 Å². The number of benzene rings is 1. The quantitative estimate of drug-likeness (QED) is 0.520. The minimum atomic E-state index is -4.60. The first-order chi connectivity index (χ1) is 15.8. The third-order valence-corrected chi connectivity index (χ3v) is 5.40. The number of carbonyl (C=O) groups excluding carboxylic acids is 1. The average Bonchev–Trinajstić information content (AvgIpc) is 3.19. The van der Waals surface area contributed by atoms with Crippen molar-refractivity contribution < 1.29 is 41.0 Å².